The molecule has 5 N–H and O–H groups in total. The Kier molecular flexibility index (Phi) is 2.22. The van der Waals surface area contributed by atoms with Crippen molar-refractivity contribution in [3.63, 3.8) is 0 Å². The van der Waals surface area contributed by atoms with Crippen molar-refractivity contribution in [1.82, 2.24) is 4.73 Å². The maximum absolute atomic E-state index is 8.43. The van der Waals surface area contributed by atoms with E-state index < -0.39 is 0 Å². The third-order valence-corrected chi connectivity index (χ3v) is 1.21. The summed E-state index contributed by atoms with van der Waals surface area (Å²) in [4.78, 5) is 4.97. The molecule has 0 aromatic carbocycles. The Morgan fingerprint density at radius 2 is 1.91 bits per heavy atom. The molecule has 11 heavy (non-hydrogen) atoms. The number of aromatic nitrogens is 1. The Balaban J connectivity index is 2.67. The summed E-state index contributed by atoms with van der Waals surface area (Å²) < 4.78 is 1.27. The van der Waals surface area contributed by atoms with E-state index in [1.54, 1.807) is 12.1 Å². The molecule has 5 heteroatoms. The Morgan fingerprint density at radius 3 is 2.36 bits per heavy atom. The molecule has 62 valence electrons. The minimum absolute atomic E-state index is 0.0585. The van der Waals surface area contributed by atoms with E-state index in [0.29, 0.717) is 11.6 Å². The fourth-order valence-electron chi connectivity index (χ4n) is 0.736. The second kappa shape index (κ2) is 3.16. The van der Waals surface area contributed by atoms with E-state index in [4.69, 9.17) is 21.4 Å². The number of nitrogens with two attached hydrogens (primary N) is 2. The molecule has 1 aromatic rings. The molecule has 0 bridgehead atoms. The molecule has 0 aliphatic heterocycles. The lowest BCUT2D eigenvalue weighted by molar-refractivity contribution is 0.0832. The predicted molar refractivity (Wildman–Crippen MR) is 41.8 cm³/mol. The zero-order chi connectivity index (χ0) is 8.27. The maximum Gasteiger partial charge on any atom is 0.142 e. The average Bonchev–Trinajstić information content (AvgIpc) is 2.29. The fraction of sp³-hybridized carbons (Fsp3) is 0.333. The Morgan fingerprint density at radius 1 is 1.36 bits per heavy atom. The summed E-state index contributed by atoms with van der Waals surface area (Å²) in [6.07, 6.45) is 0. The zero-order valence-electron chi connectivity index (χ0n) is 6.03. The van der Waals surface area contributed by atoms with Crippen molar-refractivity contribution < 1.29 is 9.94 Å². The largest absolute Gasteiger partial charge is 0.408 e. The highest BCUT2D eigenvalue weighted by molar-refractivity contribution is 5.43. The van der Waals surface area contributed by atoms with E-state index in [1.807, 2.05) is 0 Å². The molecule has 1 rings (SSSR count). The van der Waals surface area contributed by atoms with Gasteiger partial charge in [-0.1, -0.05) is 0 Å². The third kappa shape index (κ3) is 1.56. The highest BCUT2D eigenvalue weighted by Crippen LogP contribution is 2.09. The van der Waals surface area contributed by atoms with Gasteiger partial charge in [0.1, 0.15) is 18.2 Å². The standard InChI is InChI=1S/C6H11N3O2/c7-5-1-2-6(8)9(5)11-4-3-10/h1-2,10H,3-4,7-8H2. The topological polar surface area (TPSA) is 86.4 Å². The molecule has 0 atom stereocenters. The molecule has 1 aromatic heterocycles. The van der Waals surface area contributed by atoms with Gasteiger partial charge in [-0.2, -0.15) is 4.73 Å². The third-order valence-electron chi connectivity index (χ3n) is 1.21. The first-order valence-corrected chi connectivity index (χ1v) is 3.22. The van der Waals surface area contributed by atoms with E-state index in [1.165, 1.54) is 4.73 Å². The van der Waals surface area contributed by atoms with E-state index >= 15 is 0 Å². The van der Waals surface area contributed by atoms with Crippen LogP contribution in [-0.2, 0) is 0 Å². The molecule has 0 saturated heterocycles. The maximum atomic E-state index is 8.43. The monoisotopic (exact) mass is 157 g/mol. The van der Waals surface area contributed by atoms with Crippen LogP contribution in [0.15, 0.2) is 12.1 Å². The molecular weight excluding hydrogens is 146 g/mol. The van der Waals surface area contributed by atoms with E-state index in [0.717, 1.165) is 0 Å². The predicted octanol–water partition coefficient (Wildman–Crippen LogP) is -0.927. The van der Waals surface area contributed by atoms with E-state index in [2.05, 4.69) is 0 Å². The normalized spacial score (nSPS) is 9.91. The van der Waals surface area contributed by atoms with Crippen LogP contribution in [0, 0.1) is 0 Å². The van der Waals surface area contributed by atoms with Crippen LogP contribution >= 0.6 is 0 Å². The summed E-state index contributed by atoms with van der Waals surface area (Å²) in [5.74, 6) is 0.854. The SMILES string of the molecule is Nc1ccc(N)n1OCCO. The second-order valence-corrected chi connectivity index (χ2v) is 2.03. The highest BCUT2D eigenvalue weighted by Gasteiger charge is 2.00. The number of nitrogen functional groups attached to an aromatic ring is 2. The zero-order valence-corrected chi connectivity index (χ0v) is 6.03. The second-order valence-electron chi connectivity index (χ2n) is 2.03. The quantitative estimate of drug-likeness (QED) is 0.529. The van der Waals surface area contributed by atoms with Gasteiger partial charge in [0.15, 0.2) is 0 Å². The summed E-state index contributed by atoms with van der Waals surface area (Å²) in [5, 5.41) is 8.43. The number of aliphatic hydroxyl groups is 1. The van der Waals surface area contributed by atoms with Crippen molar-refractivity contribution >= 4 is 11.6 Å². The van der Waals surface area contributed by atoms with Gasteiger partial charge in [-0.3, -0.25) is 0 Å². The molecule has 0 aliphatic rings. The smallest absolute Gasteiger partial charge is 0.142 e. The average molecular weight is 157 g/mol. The first-order valence-electron chi connectivity index (χ1n) is 3.22. The summed E-state index contributed by atoms with van der Waals surface area (Å²) in [6.45, 7) is 0.125. The van der Waals surface area contributed by atoms with Gasteiger partial charge in [-0.15, -0.1) is 0 Å². The number of hydrogen-bond donors (Lipinski definition) is 3. The first-order chi connectivity index (χ1) is 5.25. The number of rotatable bonds is 3. The molecule has 0 radical (unpaired) electrons. The Bertz CT molecular complexity index is 214. The summed E-state index contributed by atoms with van der Waals surface area (Å²) >= 11 is 0. The molecule has 0 spiro atoms. The molecule has 0 aliphatic carbocycles. The lowest BCUT2D eigenvalue weighted by atomic mass is 10.6. The molecule has 0 fully saturated rings. The van der Waals surface area contributed by atoms with Crippen molar-refractivity contribution in [1.29, 1.82) is 0 Å². The minimum Gasteiger partial charge on any atom is -0.408 e. The number of anilines is 2. The molecule has 1 heterocycles. The van der Waals surface area contributed by atoms with Gasteiger partial charge >= 0.3 is 0 Å². The molecule has 0 unspecified atom stereocenters. The van der Waals surface area contributed by atoms with Gasteiger partial charge in [-0.05, 0) is 12.1 Å². The lowest BCUT2D eigenvalue weighted by Crippen LogP contribution is -2.18. The first kappa shape index (κ1) is 7.74. The van der Waals surface area contributed by atoms with Crippen LogP contribution in [0.3, 0.4) is 0 Å². The summed E-state index contributed by atoms with van der Waals surface area (Å²) in [7, 11) is 0. The Hall–Kier alpha value is -1.36. The highest BCUT2D eigenvalue weighted by atomic mass is 16.7. The van der Waals surface area contributed by atoms with Crippen LogP contribution in [0.1, 0.15) is 0 Å². The molecule has 0 saturated carbocycles. The fourth-order valence-corrected chi connectivity index (χ4v) is 0.736. The Labute approximate surface area is 64.1 Å². The van der Waals surface area contributed by atoms with Crippen molar-refractivity contribution in [2.45, 2.75) is 0 Å². The number of nitrogens with zero attached hydrogens (tertiary/aromatic N) is 1. The van der Waals surface area contributed by atoms with Gasteiger partial charge < -0.3 is 21.4 Å². The number of hydrogen-bond acceptors (Lipinski definition) is 4. The molecular formula is C6H11N3O2. The van der Waals surface area contributed by atoms with Gasteiger partial charge in [0.2, 0.25) is 0 Å². The van der Waals surface area contributed by atoms with Gasteiger partial charge in [0, 0.05) is 0 Å². The summed E-state index contributed by atoms with van der Waals surface area (Å²) in [5.41, 5.74) is 10.9. The lowest BCUT2D eigenvalue weighted by Gasteiger charge is -2.07. The van der Waals surface area contributed by atoms with E-state index in [-0.39, 0.29) is 13.2 Å². The van der Waals surface area contributed by atoms with Crippen LogP contribution in [0.25, 0.3) is 0 Å². The van der Waals surface area contributed by atoms with Crippen molar-refractivity contribution in [3.8, 4) is 0 Å². The van der Waals surface area contributed by atoms with Crippen LogP contribution in [0.4, 0.5) is 11.6 Å². The van der Waals surface area contributed by atoms with Crippen molar-refractivity contribution in [2.75, 3.05) is 24.7 Å². The van der Waals surface area contributed by atoms with Crippen LogP contribution in [-0.4, -0.2) is 23.1 Å². The van der Waals surface area contributed by atoms with E-state index in [9.17, 15) is 0 Å². The van der Waals surface area contributed by atoms with Gasteiger partial charge in [0.05, 0.1) is 6.61 Å². The van der Waals surface area contributed by atoms with Crippen LogP contribution < -0.4 is 16.3 Å². The number of aliphatic hydroxyl groups excluding tert-OH is 1. The van der Waals surface area contributed by atoms with Gasteiger partial charge in [-0.25, -0.2) is 0 Å². The molecule has 5 nitrogen and oxygen atoms in total. The van der Waals surface area contributed by atoms with Gasteiger partial charge in [0.25, 0.3) is 0 Å². The molecule has 0 amide bonds. The minimum atomic E-state index is -0.0585. The van der Waals surface area contributed by atoms with Crippen molar-refractivity contribution in [3.05, 3.63) is 12.1 Å². The van der Waals surface area contributed by atoms with Crippen LogP contribution in [0.5, 0.6) is 0 Å². The van der Waals surface area contributed by atoms with Crippen LogP contribution in [0.2, 0.25) is 0 Å². The van der Waals surface area contributed by atoms with Crippen molar-refractivity contribution in [2.24, 2.45) is 0 Å². The summed E-state index contributed by atoms with van der Waals surface area (Å²) in [6, 6.07) is 3.26.